The number of phenolic OH excluding ortho intramolecular Hbond substituents is 1. The van der Waals surface area contributed by atoms with E-state index < -0.39 is 23.9 Å². The van der Waals surface area contributed by atoms with Gasteiger partial charge in [0.05, 0.1) is 17.1 Å². The average molecular weight is 584 g/mol. The highest BCUT2D eigenvalue weighted by Gasteiger charge is 2.41. The second-order valence-electron chi connectivity index (χ2n) is 11.6. The molecule has 7 rings (SSSR count). The van der Waals surface area contributed by atoms with Crippen molar-refractivity contribution in [3.8, 4) is 5.75 Å². The van der Waals surface area contributed by atoms with E-state index in [0.717, 1.165) is 30.6 Å². The zero-order chi connectivity index (χ0) is 30.2. The quantitative estimate of drug-likeness (QED) is 0.457. The summed E-state index contributed by atoms with van der Waals surface area (Å²) in [6.45, 7) is 2.83. The third-order valence-electron chi connectivity index (χ3n) is 8.79. The fourth-order valence-corrected chi connectivity index (χ4v) is 6.66. The number of urea groups is 1. The number of nitrogens with two attached hydrogens (primary N) is 1. The minimum Gasteiger partial charge on any atom is -0.508 e. The molecule has 4 aliphatic rings. The van der Waals surface area contributed by atoms with Crippen LogP contribution in [0.15, 0.2) is 71.7 Å². The van der Waals surface area contributed by atoms with Gasteiger partial charge in [0.1, 0.15) is 18.1 Å². The minimum absolute atomic E-state index is 0.125. The number of rotatable bonds is 5. The second kappa shape index (κ2) is 11.5. The molecule has 3 heterocycles. The van der Waals surface area contributed by atoms with Gasteiger partial charge in [-0.2, -0.15) is 0 Å². The summed E-state index contributed by atoms with van der Waals surface area (Å²) in [6.07, 6.45) is 2.79. The summed E-state index contributed by atoms with van der Waals surface area (Å²) in [6, 6.07) is 16.1. The number of anilines is 2. The molecular formula is C33H34FN5O4. The summed E-state index contributed by atoms with van der Waals surface area (Å²) in [5.74, 6) is -0.696. The van der Waals surface area contributed by atoms with Gasteiger partial charge in [-0.1, -0.05) is 36.4 Å². The van der Waals surface area contributed by atoms with Gasteiger partial charge in [-0.05, 0) is 74.3 Å². The number of benzodiazepines with no additional fused rings is 1. The molecule has 222 valence electrons. The number of aliphatic imine (C=N–C) groups is 1. The number of aromatic hydroxyl groups is 1. The van der Waals surface area contributed by atoms with Crippen molar-refractivity contribution in [1.82, 2.24) is 4.90 Å². The molecule has 10 heteroatoms. The molecule has 3 N–H and O–H groups in total. The monoisotopic (exact) mass is 583 g/mol. The first-order chi connectivity index (χ1) is 20.7. The molecule has 0 radical (unpaired) electrons. The number of amides is 4. The van der Waals surface area contributed by atoms with Crippen LogP contribution >= 0.6 is 0 Å². The summed E-state index contributed by atoms with van der Waals surface area (Å²) in [4.78, 5) is 50.4. The van der Waals surface area contributed by atoms with Crippen molar-refractivity contribution in [3.05, 3.63) is 89.2 Å². The van der Waals surface area contributed by atoms with Gasteiger partial charge in [0.15, 0.2) is 0 Å². The number of aryl methyl sites for hydroxylation is 1. The molecule has 2 bridgehead atoms. The molecule has 1 unspecified atom stereocenters. The maximum absolute atomic E-state index is 15.4. The first-order valence-corrected chi connectivity index (χ1v) is 14.6. The molecular weight excluding hydrogens is 549 g/mol. The zero-order valence-corrected chi connectivity index (χ0v) is 23.9. The van der Waals surface area contributed by atoms with Crippen LogP contribution in [0.25, 0.3) is 0 Å². The fourth-order valence-electron chi connectivity index (χ4n) is 6.66. The van der Waals surface area contributed by atoms with Crippen molar-refractivity contribution in [2.45, 2.75) is 38.8 Å². The zero-order valence-electron chi connectivity index (χ0n) is 23.9. The van der Waals surface area contributed by atoms with Gasteiger partial charge >= 0.3 is 6.03 Å². The van der Waals surface area contributed by atoms with Crippen LogP contribution in [0.3, 0.4) is 0 Å². The molecule has 3 fully saturated rings. The smallest absolute Gasteiger partial charge is 0.321 e. The maximum Gasteiger partial charge on any atom is 0.321 e. The lowest BCUT2D eigenvalue weighted by Gasteiger charge is -2.32. The highest BCUT2D eigenvalue weighted by Crippen LogP contribution is 2.36. The van der Waals surface area contributed by atoms with E-state index in [0.29, 0.717) is 41.7 Å². The molecule has 4 amide bonds. The van der Waals surface area contributed by atoms with Crippen molar-refractivity contribution in [2.75, 3.05) is 29.4 Å². The number of phenols is 1. The molecule has 0 spiro atoms. The molecule has 1 saturated carbocycles. The van der Waals surface area contributed by atoms with Gasteiger partial charge in [-0.25, -0.2) is 14.2 Å². The van der Waals surface area contributed by atoms with Gasteiger partial charge in [0.25, 0.3) is 5.91 Å². The number of halogens is 1. The van der Waals surface area contributed by atoms with E-state index in [1.807, 2.05) is 17.9 Å². The molecule has 43 heavy (non-hydrogen) atoms. The van der Waals surface area contributed by atoms with Crippen LogP contribution in [0.1, 0.15) is 42.4 Å². The Balaban J connectivity index is 1.51. The van der Waals surface area contributed by atoms with Crippen LogP contribution in [-0.2, 0) is 9.59 Å². The van der Waals surface area contributed by atoms with E-state index in [1.54, 1.807) is 30.3 Å². The maximum atomic E-state index is 15.4. The molecule has 1 atom stereocenters. The van der Waals surface area contributed by atoms with E-state index in [9.17, 15) is 19.5 Å². The molecule has 2 saturated heterocycles. The minimum atomic E-state index is -1.59. The largest absolute Gasteiger partial charge is 0.508 e. The first kappa shape index (κ1) is 28.4. The van der Waals surface area contributed by atoms with E-state index in [4.69, 9.17) is 10.7 Å². The van der Waals surface area contributed by atoms with Gasteiger partial charge in [-0.15, -0.1) is 0 Å². The molecule has 9 nitrogen and oxygen atoms in total. The molecule has 1 aliphatic carbocycles. The normalized spacial score (nSPS) is 21.5. The lowest BCUT2D eigenvalue weighted by molar-refractivity contribution is -0.132. The van der Waals surface area contributed by atoms with E-state index in [-0.39, 0.29) is 35.2 Å². The topological polar surface area (TPSA) is 120 Å². The summed E-state index contributed by atoms with van der Waals surface area (Å²) >= 11 is 0. The van der Waals surface area contributed by atoms with Crippen molar-refractivity contribution >= 4 is 34.9 Å². The number of para-hydroxylation sites is 1. The lowest BCUT2D eigenvalue weighted by atomic mass is 9.84. The van der Waals surface area contributed by atoms with Gasteiger partial charge in [-0.3, -0.25) is 19.4 Å². The number of hydrogen-bond donors (Lipinski definition) is 2. The Bertz CT molecular complexity index is 1600. The Labute approximate surface area is 249 Å². The summed E-state index contributed by atoms with van der Waals surface area (Å²) in [5.41, 5.74) is 7.80. The van der Waals surface area contributed by atoms with Gasteiger partial charge in [0, 0.05) is 30.3 Å². The molecule has 3 aliphatic heterocycles. The van der Waals surface area contributed by atoms with Gasteiger partial charge < -0.3 is 15.7 Å². The number of nitrogens with zero attached hydrogens (tertiary/aromatic N) is 4. The van der Waals surface area contributed by atoms with Crippen LogP contribution < -0.4 is 15.5 Å². The average Bonchev–Trinajstić information content (AvgIpc) is 3.37. The second-order valence-corrected chi connectivity index (χ2v) is 11.6. The van der Waals surface area contributed by atoms with Crippen LogP contribution in [-0.4, -0.2) is 59.4 Å². The Morgan fingerprint density at radius 2 is 1.63 bits per heavy atom. The van der Waals surface area contributed by atoms with Gasteiger partial charge in [0.2, 0.25) is 12.1 Å². The van der Waals surface area contributed by atoms with Crippen LogP contribution in [0.2, 0.25) is 0 Å². The van der Waals surface area contributed by atoms with E-state index in [2.05, 4.69) is 0 Å². The first-order valence-electron chi connectivity index (χ1n) is 14.6. The lowest BCUT2D eigenvalue weighted by Crippen LogP contribution is -2.54. The Kier molecular flexibility index (Phi) is 7.60. The number of primary amides is 1. The predicted molar refractivity (Wildman–Crippen MR) is 162 cm³/mol. The summed E-state index contributed by atoms with van der Waals surface area (Å²) in [5, 5.41) is 10.2. The molecule has 3 aromatic rings. The number of benzene rings is 3. The summed E-state index contributed by atoms with van der Waals surface area (Å²) in [7, 11) is 0. The summed E-state index contributed by atoms with van der Waals surface area (Å²) < 4.78 is 15.4. The number of hydrogen-bond acceptors (Lipinski definition) is 5. The molecule has 0 aromatic heterocycles. The highest BCUT2D eigenvalue weighted by molar-refractivity contribution is 6.22. The van der Waals surface area contributed by atoms with Crippen molar-refractivity contribution < 1.29 is 23.9 Å². The SMILES string of the molecule is Cc1cccc2c1N(CC(=O)N1CC3CCC(CC3)C1)C(=O)C(N(C(N)=O)c1cccc(O)c1)N=C2c1ccccc1F. The van der Waals surface area contributed by atoms with E-state index in [1.165, 1.54) is 35.2 Å². The van der Waals surface area contributed by atoms with Crippen molar-refractivity contribution in [3.63, 3.8) is 0 Å². The number of fused-ring (bicyclic) bond motifs is 5. The number of carbonyl (C=O) groups excluding carboxylic acids is 3. The Morgan fingerprint density at radius 3 is 2.28 bits per heavy atom. The van der Waals surface area contributed by atoms with Crippen molar-refractivity contribution in [2.24, 2.45) is 22.6 Å². The standard InChI is InChI=1S/C33H34FN5O4/c1-20-6-4-10-26-29(25-9-2-3-11-27(25)34)36-31(39(33(35)43)23-7-5-8-24(40)16-23)32(42)38(30(20)26)19-28(41)37-17-21-12-13-22(18-37)15-14-21/h2-11,16,21-22,31,40H,12-15,17-19H2,1H3,(H2,35,43). The van der Waals surface area contributed by atoms with Crippen LogP contribution in [0.4, 0.5) is 20.6 Å². The third-order valence-corrected chi connectivity index (χ3v) is 8.79. The molecule has 3 aromatic carbocycles. The number of carbonyl (C=O) groups is 3. The fraction of sp³-hybridized carbons (Fsp3) is 0.333. The van der Waals surface area contributed by atoms with Crippen LogP contribution in [0, 0.1) is 24.6 Å². The Hall–Kier alpha value is -4.73. The van der Waals surface area contributed by atoms with E-state index >= 15 is 4.39 Å². The van der Waals surface area contributed by atoms with Crippen molar-refractivity contribution in [1.29, 1.82) is 0 Å². The highest BCUT2D eigenvalue weighted by atomic mass is 19.1. The van der Waals surface area contributed by atoms with Crippen LogP contribution in [0.5, 0.6) is 5.75 Å². The Morgan fingerprint density at radius 1 is 0.977 bits per heavy atom. The third kappa shape index (κ3) is 5.45. The predicted octanol–water partition coefficient (Wildman–Crippen LogP) is 4.58.